The van der Waals surface area contributed by atoms with Crippen LogP contribution in [0.5, 0.6) is 0 Å². The molecule has 4 rings (SSSR count). The summed E-state index contributed by atoms with van der Waals surface area (Å²) in [4.78, 5) is 26.1. The van der Waals surface area contributed by atoms with Crippen LogP contribution in [-0.4, -0.2) is 50.8 Å². The van der Waals surface area contributed by atoms with Gasteiger partial charge in [0, 0.05) is 24.3 Å². The van der Waals surface area contributed by atoms with Gasteiger partial charge in [-0.25, -0.2) is 8.42 Å². The molecular weight excluding hydrogens is 466 g/mol. The van der Waals surface area contributed by atoms with Gasteiger partial charge in [0.1, 0.15) is 0 Å². The average molecular weight is 494 g/mol. The zero-order chi connectivity index (χ0) is 25.0. The molecule has 182 valence electrons. The third-order valence-corrected chi connectivity index (χ3v) is 7.65. The van der Waals surface area contributed by atoms with Crippen molar-refractivity contribution in [2.75, 3.05) is 36.9 Å². The Hall–Kier alpha value is -3.53. The summed E-state index contributed by atoms with van der Waals surface area (Å²) in [5, 5.41) is 5.63. The molecule has 1 fully saturated rings. The molecule has 0 unspecified atom stereocenters. The first-order valence-corrected chi connectivity index (χ1v) is 12.7. The molecule has 9 heteroatoms. The van der Waals surface area contributed by atoms with Crippen LogP contribution in [0.1, 0.15) is 31.8 Å². The molecule has 8 nitrogen and oxygen atoms in total. The number of para-hydroxylation sites is 1. The summed E-state index contributed by atoms with van der Waals surface area (Å²) in [6.07, 6.45) is 0. The van der Waals surface area contributed by atoms with E-state index in [0.717, 1.165) is 11.1 Å². The lowest BCUT2D eigenvalue weighted by Gasteiger charge is -2.26. The minimum atomic E-state index is -3.75. The maximum Gasteiger partial charge on any atom is 0.257 e. The molecular formula is C26H27N3O5S. The Kier molecular flexibility index (Phi) is 7.30. The molecule has 0 spiro atoms. The first-order chi connectivity index (χ1) is 16.8. The summed E-state index contributed by atoms with van der Waals surface area (Å²) in [7, 11) is -3.75. The number of carbonyl (C=O) groups excluding carboxylic acids is 2. The number of ether oxygens (including phenoxy) is 1. The van der Waals surface area contributed by atoms with E-state index in [1.807, 2.05) is 32.0 Å². The second-order valence-electron chi connectivity index (χ2n) is 8.32. The number of benzene rings is 3. The topological polar surface area (TPSA) is 105 Å². The van der Waals surface area contributed by atoms with Crippen LogP contribution in [0.4, 0.5) is 11.4 Å². The number of carbonyl (C=O) groups is 2. The van der Waals surface area contributed by atoms with Crippen molar-refractivity contribution in [3.05, 3.63) is 89.0 Å². The number of nitrogens with zero attached hydrogens (tertiary/aromatic N) is 1. The van der Waals surface area contributed by atoms with Gasteiger partial charge in [-0.1, -0.05) is 35.9 Å². The van der Waals surface area contributed by atoms with E-state index in [-0.39, 0.29) is 35.0 Å². The van der Waals surface area contributed by atoms with Gasteiger partial charge in [-0.3, -0.25) is 9.59 Å². The van der Waals surface area contributed by atoms with Crippen molar-refractivity contribution in [2.24, 2.45) is 0 Å². The molecule has 0 aromatic heterocycles. The van der Waals surface area contributed by atoms with E-state index in [4.69, 9.17) is 4.74 Å². The van der Waals surface area contributed by atoms with Crippen LogP contribution in [-0.2, 0) is 14.8 Å². The Balaban J connectivity index is 1.54. The van der Waals surface area contributed by atoms with Crippen LogP contribution in [0.15, 0.2) is 71.6 Å². The van der Waals surface area contributed by atoms with Crippen molar-refractivity contribution in [3.8, 4) is 0 Å². The minimum Gasteiger partial charge on any atom is -0.379 e. The lowest BCUT2D eigenvalue weighted by molar-refractivity contribution is 0.0730. The Bertz CT molecular complexity index is 1360. The number of hydrogen-bond acceptors (Lipinski definition) is 5. The van der Waals surface area contributed by atoms with Gasteiger partial charge in [-0.2, -0.15) is 4.31 Å². The second-order valence-corrected chi connectivity index (χ2v) is 10.3. The molecule has 1 saturated heterocycles. The smallest absolute Gasteiger partial charge is 0.257 e. The van der Waals surface area contributed by atoms with Crippen LogP contribution in [0.25, 0.3) is 0 Å². The SMILES string of the molecule is Cc1ccc(NC(=O)c2ccccc2NC(=O)c2cccc(S(=O)(=O)N3CCOCC3)c2)c(C)c1. The molecule has 35 heavy (non-hydrogen) atoms. The normalized spacial score (nSPS) is 14.3. The molecule has 0 atom stereocenters. The third-order valence-electron chi connectivity index (χ3n) is 5.75. The highest BCUT2D eigenvalue weighted by Crippen LogP contribution is 2.22. The monoisotopic (exact) mass is 493 g/mol. The highest BCUT2D eigenvalue weighted by Gasteiger charge is 2.27. The zero-order valence-electron chi connectivity index (χ0n) is 19.6. The molecule has 2 N–H and O–H groups in total. The molecule has 1 heterocycles. The molecule has 3 aromatic rings. The number of nitrogens with one attached hydrogen (secondary N) is 2. The van der Waals surface area contributed by atoms with Crippen molar-refractivity contribution >= 4 is 33.2 Å². The van der Waals surface area contributed by atoms with Gasteiger partial charge in [-0.15, -0.1) is 0 Å². The number of hydrogen-bond donors (Lipinski definition) is 2. The second kappa shape index (κ2) is 10.4. The molecule has 0 aliphatic carbocycles. The maximum atomic E-state index is 13.0. The molecule has 1 aliphatic rings. The van der Waals surface area contributed by atoms with Gasteiger partial charge in [0.2, 0.25) is 10.0 Å². The van der Waals surface area contributed by atoms with E-state index in [9.17, 15) is 18.0 Å². The molecule has 0 saturated carbocycles. The van der Waals surface area contributed by atoms with Gasteiger partial charge in [0.25, 0.3) is 11.8 Å². The summed E-state index contributed by atoms with van der Waals surface area (Å²) in [6.45, 7) is 5.09. The van der Waals surface area contributed by atoms with E-state index in [1.165, 1.54) is 28.6 Å². The van der Waals surface area contributed by atoms with Gasteiger partial charge >= 0.3 is 0 Å². The van der Waals surface area contributed by atoms with Crippen molar-refractivity contribution in [1.29, 1.82) is 0 Å². The standard InChI is InChI=1S/C26H27N3O5S/c1-18-10-11-23(19(2)16-18)27-26(31)22-8-3-4-9-24(22)28-25(30)20-6-5-7-21(17-20)35(32,33)29-12-14-34-15-13-29/h3-11,16-17H,12-15H2,1-2H3,(H,27,31)(H,28,30). The quantitative estimate of drug-likeness (QED) is 0.543. The summed E-state index contributed by atoms with van der Waals surface area (Å²) < 4.78 is 32.5. The molecule has 1 aliphatic heterocycles. The molecule has 3 aromatic carbocycles. The van der Waals surface area contributed by atoms with Crippen LogP contribution < -0.4 is 10.6 Å². The van der Waals surface area contributed by atoms with E-state index < -0.39 is 15.9 Å². The highest BCUT2D eigenvalue weighted by atomic mass is 32.2. The van der Waals surface area contributed by atoms with Crippen molar-refractivity contribution in [3.63, 3.8) is 0 Å². The van der Waals surface area contributed by atoms with Crippen LogP contribution >= 0.6 is 0 Å². The Labute approximate surface area is 205 Å². The van der Waals surface area contributed by atoms with Crippen LogP contribution in [0.2, 0.25) is 0 Å². The van der Waals surface area contributed by atoms with Crippen LogP contribution in [0, 0.1) is 13.8 Å². The van der Waals surface area contributed by atoms with E-state index in [2.05, 4.69) is 10.6 Å². The van der Waals surface area contributed by atoms with Gasteiger partial charge in [0.05, 0.1) is 29.4 Å². The van der Waals surface area contributed by atoms with Gasteiger partial charge in [0.15, 0.2) is 0 Å². The summed E-state index contributed by atoms with van der Waals surface area (Å²) in [5.74, 6) is -0.882. The maximum absolute atomic E-state index is 13.0. The third kappa shape index (κ3) is 5.59. The molecule has 0 bridgehead atoms. The summed E-state index contributed by atoms with van der Waals surface area (Å²) in [6, 6.07) is 18.3. The van der Waals surface area contributed by atoms with E-state index >= 15 is 0 Å². The number of sulfonamides is 1. The van der Waals surface area contributed by atoms with Gasteiger partial charge in [-0.05, 0) is 55.8 Å². The largest absolute Gasteiger partial charge is 0.379 e. The number of anilines is 2. The average Bonchev–Trinajstić information content (AvgIpc) is 2.86. The molecule has 2 amide bonds. The number of morpholine rings is 1. The number of rotatable bonds is 6. The lowest BCUT2D eigenvalue weighted by atomic mass is 10.1. The zero-order valence-corrected chi connectivity index (χ0v) is 20.4. The lowest BCUT2D eigenvalue weighted by Crippen LogP contribution is -2.40. The fourth-order valence-corrected chi connectivity index (χ4v) is 5.32. The summed E-state index contributed by atoms with van der Waals surface area (Å²) >= 11 is 0. The first-order valence-electron chi connectivity index (χ1n) is 11.2. The van der Waals surface area contributed by atoms with Gasteiger partial charge < -0.3 is 15.4 Å². The van der Waals surface area contributed by atoms with E-state index in [0.29, 0.717) is 24.6 Å². The first kappa shape index (κ1) is 24.6. The Morgan fingerprint density at radius 3 is 2.29 bits per heavy atom. The minimum absolute atomic E-state index is 0.0351. The van der Waals surface area contributed by atoms with Crippen molar-refractivity contribution < 1.29 is 22.7 Å². The number of amides is 2. The predicted molar refractivity (Wildman–Crippen MR) is 134 cm³/mol. The highest BCUT2D eigenvalue weighted by molar-refractivity contribution is 7.89. The predicted octanol–water partition coefficient (Wildman–Crippen LogP) is 3.83. The van der Waals surface area contributed by atoms with Crippen LogP contribution in [0.3, 0.4) is 0 Å². The Morgan fingerprint density at radius 1 is 0.829 bits per heavy atom. The fraction of sp³-hybridized carbons (Fsp3) is 0.231. The summed E-state index contributed by atoms with van der Waals surface area (Å²) in [5.41, 5.74) is 3.48. The van der Waals surface area contributed by atoms with Crippen molar-refractivity contribution in [2.45, 2.75) is 18.7 Å². The fourth-order valence-electron chi connectivity index (χ4n) is 3.86. The van der Waals surface area contributed by atoms with Crippen molar-refractivity contribution in [1.82, 2.24) is 4.31 Å². The Morgan fingerprint density at radius 2 is 1.54 bits per heavy atom. The van der Waals surface area contributed by atoms with E-state index in [1.54, 1.807) is 24.3 Å². The molecule has 0 radical (unpaired) electrons. The number of aryl methyl sites for hydroxylation is 2.